The summed E-state index contributed by atoms with van der Waals surface area (Å²) in [6.45, 7) is -0.382. The summed E-state index contributed by atoms with van der Waals surface area (Å²) in [5.74, 6) is -3.82. The molecule has 0 saturated carbocycles. The number of carbonyl (C=O) groups is 1. The first-order chi connectivity index (χ1) is 12.9. The fourth-order valence-electron chi connectivity index (χ4n) is 2.39. The van der Waals surface area contributed by atoms with Crippen LogP contribution in [0, 0.1) is 17.5 Å². The van der Waals surface area contributed by atoms with Gasteiger partial charge in [0, 0.05) is 23.5 Å². The Morgan fingerprint density at radius 2 is 1.74 bits per heavy atom. The van der Waals surface area contributed by atoms with Crippen LogP contribution in [0.15, 0.2) is 58.3 Å². The molecule has 0 saturated heterocycles. The van der Waals surface area contributed by atoms with Crippen molar-refractivity contribution in [2.24, 2.45) is 0 Å². The summed E-state index contributed by atoms with van der Waals surface area (Å²) in [6.07, 6.45) is 0.901. The van der Waals surface area contributed by atoms with Gasteiger partial charge < -0.3 is 10.3 Å². The minimum atomic E-state index is -1.17. The van der Waals surface area contributed by atoms with E-state index >= 15 is 0 Å². The molecule has 0 aliphatic heterocycles. The Balaban J connectivity index is 1.93. The van der Waals surface area contributed by atoms with E-state index in [1.54, 1.807) is 0 Å². The van der Waals surface area contributed by atoms with Crippen molar-refractivity contribution in [2.45, 2.75) is 6.54 Å². The number of carbonyl (C=O) groups excluding carboxylic acids is 1. The molecule has 0 spiro atoms. The molecule has 1 amide bonds. The number of anilines is 1. The molecule has 0 aliphatic rings. The summed E-state index contributed by atoms with van der Waals surface area (Å²) in [7, 11) is 0. The van der Waals surface area contributed by atoms with Gasteiger partial charge in [-0.05, 0) is 18.2 Å². The molecule has 0 aliphatic carbocycles. The standard InChI is InChI=1S/C18H12F3N3O3/c19-13-4-2-1-3-10(13)9-24-17(26)12(8-22-18(24)27)16(25)23-11-5-6-14(20)15(21)7-11/h1-8H,9H2,(H,22,27)(H,23,25). The molecular weight excluding hydrogens is 363 g/mol. The maximum atomic E-state index is 13.8. The molecule has 2 aromatic carbocycles. The lowest BCUT2D eigenvalue weighted by atomic mass is 10.2. The molecule has 3 aromatic rings. The number of amides is 1. The lowest BCUT2D eigenvalue weighted by molar-refractivity contribution is 0.102. The number of hydrogen-bond acceptors (Lipinski definition) is 3. The predicted molar refractivity (Wildman–Crippen MR) is 91.1 cm³/mol. The van der Waals surface area contributed by atoms with Crippen LogP contribution in [0.1, 0.15) is 15.9 Å². The molecule has 6 nitrogen and oxygen atoms in total. The van der Waals surface area contributed by atoms with Gasteiger partial charge in [0.15, 0.2) is 11.6 Å². The minimum absolute atomic E-state index is 0.0786. The number of benzene rings is 2. The zero-order chi connectivity index (χ0) is 19.6. The maximum absolute atomic E-state index is 13.8. The summed E-state index contributed by atoms with van der Waals surface area (Å²) in [5, 5.41) is 2.23. The molecule has 2 N–H and O–H groups in total. The largest absolute Gasteiger partial charge is 0.328 e. The molecular formula is C18H12F3N3O3. The lowest BCUT2D eigenvalue weighted by Gasteiger charge is -2.09. The highest BCUT2D eigenvalue weighted by Crippen LogP contribution is 2.13. The summed E-state index contributed by atoms with van der Waals surface area (Å²) < 4.78 is 40.6. The van der Waals surface area contributed by atoms with Crippen LogP contribution in [0.4, 0.5) is 18.9 Å². The normalized spacial score (nSPS) is 10.6. The van der Waals surface area contributed by atoms with Gasteiger partial charge in [0.05, 0.1) is 6.54 Å². The van der Waals surface area contributed by atoms with E-state index in [0.717, 1.165) is 24.4 Å². The van der Waals surface area contributed by atoms with Gasteiger partial charge in [-0.2, -0.15) is 0 Å². The first-order valence-corrected chi connectivity index (χ1v) is 7.69. The van der Waals surface area contributed by atoms with Gasteiger partial charge in [-0.1, -0.05) is 18.2 Å². The van der Waals surface area contributed by atoms with E-state index in [1.165, 1.54) is 24.3 Å². The van der Waals surface area contributed by atoms with E-state index in [9.17, 15) is 27.6 Å². The molecule has 0 fully saturated rings. The molecule has 0 atom stereocenters. The third kappa shape index (κ3) is 3.81. The van der Waals surface area contributed by atoms with Crippen LogP contribution in [-0.4, -0.2) is 15.5 Å². The van der Waals surface area contributed by atoms with E-state index in [2.05, 4.69) is 10.3 Å². The summed E-state index contributed by atoms with van der Waals surface area (Å²) >= 11 is 0. The van der Waals surface area contributed by atoms with Crippen molar-refractivity contribution >= 4 is 11.6 Å². The number of hydrogen-bond donors (Lipinski definition) is 2. The highest BCUT2D eigenvalue weighted by molar-refractivity contribution is 6.03. The lowest BCUT2D eigenvalue weighted by Crippen LogP contribution is -2.39. The average Bonchev–Trinajstić information content (AvgIpc) is 2.63. The number of aromatic amines is 1. The fraction of sp³-hybridized carbons (Fsp3) is 0.0556. The molecule has 1 aromatic heterocycles. The highest BCUT2D eigenvalue weighted by Gasteiger charge is 2.16. The van der Waals surface area contributed by atoms with Gasteiger partial charge in [0.1, 0.15) is 11.4 Å². The molecule has 0 unspecified atom stereocenters. The monoisotopic (exact) mass is 375 g/mol. The number of halogens is 3. The van der Waals surface area contributed by atoms with E-state index in [0.29, 0.717) is 4.57 Å². The van der Waals surface area contributed by atoms with Crippen molar-refractivity contribution in [1.82, 2.24) is 9.55 Å². The van der Waals surface area contributed by atoms with Crippen LogP contribution in [-0.2, 0) is 6.54 Å². The van der Waals surface area contributed by atoms with Crippen LogP contribution in [0.5, 0.6) is 0 Å². The van der Waals surface area contributed by atoms with Gasteiger partial charge in [0.25, 0.3) is 11.5 Å². The molecule has 1 heterocycles. The SMILES string of the molecule is O=C(Nc1ccc(F)c(F)c1)c1c[nH]c(=O)n(Cc2ccccc2F)c1=O. The van der Waals surface area contributed by atoms with E-state index in [-0.39, 0.29) is 17.8 Å². The van der Waals surface area contributed by atoms with Crippen molar-refractivity contribution in [3.05, 3.63) is 98.1 Å². The molecule has 9 heteroatoms. The Morgan fingerprint density at radius 3 is 2.44 bits per heavy atom. The second kappa shape index (κ2) is 7.32. The topological polar surface area (TPSA) is 84.0 Å². The third-order valence-electron chi connectivity index (χ3n) is 3.77. The average molecular weight is 375 g/mol. The predicted octanol–water partition coefficient (Wildman–Crippen LogP) is 2.25. The van der Waals surface area contributed by atoms with Crippen molar-refractivity contribution in [2.75, 3.05) is 5.32 Å². The van der Waals surface area contributed by atoms with E-state index in [4.69, 9.17) is 0 Å². The van der Waals surface area contributed by atoms with Crippen molar-refractivity contribution in [3.63, 3.8) is 0 Å². The first kappa shape index (κ1) is 18.2. The first-order valence-electron chi connectivity index (χ1n) is 7.69. The van der Waals surface area contributed by atoms with E-state index < -0.39 is 40.2 Å². The smallest absolute Gasteiger partial charge is 0.322 e. The van der Waals surface area contributed by atoms with Crippen molar-refractivity contribution in [3.8, 4) is 0 Å². The molecule has 3 rings (SSSR count). The van der Waals surface area contributed by atoms with Crippen LogP contribution in [0.25, 0.3) is 0 Å². The van der Waals surface area contributed by atoms with Crippen molar-refractivity contribution in [1.29, 1.82) is 0 Å². The van der Waals surface area contributed by atoms with Crippen LogP contribution in [0.2, 0.25) is 0 Å². The number of nitrogens with zero attached hydrogens (tertiary/aromatic N) is 1. The van der Waals surface area contributed by atoms with Gasteiger partial charge in [-0.3, -0.25) is 14.2 Å². The quantitative estimate of drug-likeness (QED) is 0.734. The Kier molecular flexibility index (Phi) is 4.93. The zero-order valence-corrected chi connectivity index (χ0v) is 13.6. The second-order valence-electron chi connectivity index (χ2n) is 5.57. The number of nitrogens with one attached hydrogen (secondary N) is 2. The van der Waals surface area contributed by atoms with Gasteiger partial charge in [-0.25, -0.2) is 18.0 Å². The van der Waals surface area contributed by atoms with Gasteiger partial charge in [0.2, 0.25) is 0 Å². The summed E-state index contributed by atoms with van der Waals surface area (Å²) in [5.41, 5.74) is -2.22. The molecule has 0 bridgehead atoms. The molecule has 27 heavy (non-hydrogen) atoms. The number of rotatable bonds is 4. The number of aromatic nitrogens is 2. The van der Waals surface area contributed by atoms with Gasteiger partial charge in [-0.15, -0.1) is 0 Å². The summed E-state index contributed by atoms with van der Waals surface area (Å²) in [6, 6.07) is 8.24. The second-order valence-corrected chi connectivity index (χ2v) is 5.57. The molecule has 138 valence electrons. The van der Waals surface area contributed by atoms with Crippen LogP contribution in [0.3, 0.4) is 0 Å². The third-order valence-corrected chi connectivity index (χ3v) is 3.77. The summed E-state index contributed by atoms with van der Waals surface area (Å²) in [4.78, 5) is 38.9. The Bertz CT molecular complexity index is 1140. The van der Waals surface area contributed by atoms with Crippen molar-refractivity contribution < 1.29 is 18.0 Å². The Labute approximate surface area is 149 Å². The fourth-order valence-corrected chi connectivity index (χ4v) is 2.39. The van der Waals surface area contributed by atoms with Crippen LogP contribution >= 0.6 is 0 Å². The number of H-pyrrole nitrogens is 1. The minimum Gasteiger partial charge on any atom is -0.322 e. The van der Waals surface area contributed by atoms with Gasteiger partial charge >= 0.3 is 5.69 Å². The Morgan fingerprint density at radius 1 is 1.00 bits per heavy atom. The maximum Gasteiger partial charge on any atom is 0.328 e. The zero-order valence-electron chi connectivity index (χ0n) is 13.6. The van der Waals surface area contributed by atoms with Crippen LogP contribution < -0.4 is 16.6 Å². The molecule has 0 radical (unpaired) electrons. The Hall–Kier alpha value is -3.62. The highest BCUT2D eigenvalue weighted by atomic mass is 19.2. The van der Waals surface area contributed by atoms with E-state index in [1.807, 2.05) is 0 Å².